The lowest BCUT2D eigenvalue weighted by Gasteiger charge is -2.24. The molecule has 4 unspecified atom stereocenters. The van der Waals surface area contributed by atoms with Gasteiger partial charge < -0.3 is 35.2 Å². The van der Waals surface area contributed by atoms with Crippen LogP contribution in [0, 0.1) is 13.8 Å². The quantitative estimate of drug-likeness (QED) is 0.421. The fraction of sp³-hybridized carbons (Fsp3) is 0.538. The highest BCUT2D eigenvalue weighted by Crippen LogP contribution is 2.44. The Bertz CT molecular complexity index is 1040. The molecule has 7 heteroatoms. The minimum absolute atomic E-state index is 0.189. The predicted molar refractivity (Wildman–Crippen MR) is 125 cm³/mol. The second kappa shape index (κ2) is 8.17. The standard InChI is InChI=1S/C26H32N2O5/c1-13-3-23(27)21(7-17-11-31-17)24(4-13)33-26-20(6-16-10-30-16)14(2)19(5-15-9-29-15)25(28)22(26)8-18-12-32-18/h3-4,15-18H,5-12,27-28H2,1-2H3. The highest BCUT2D eigenvalue weighted by atomic mass is 16.6. The van der Waals surface area contributed by atoms with E-state index < -0.39 is 0 Å². The molecule has 33 heavy (non-hydrogen) atoms. The number of hydrogen-bond acceptors (Lipinski definition) is 7. The molecule has 2 aromatic carbocycles. The van der Waals surface area contributed by atoms with Crippen molar-refractivity contribution in [2.45, 2.75) is 63.9 Å². The second-order valence-corrected chi connectivity index (χ2v) is 9.87. The summed E-state index contributed by atoms with van der Waals surface area (Å²) in [6, 6.07) is 4.07. The van der Waals surface area contributed by atoms with Gasteiger partial charge in [0.2, 0.25) is 0 Å². The van der Waals surface area contributed by atoms with Gasteiger partial charge in [0.25, 0.3) is 0 Å². The molecule has 7 nitrogen and oxygen atoms in total. The van der Waals surface area contributed by atoms with Gasteiger partial charge in [-0.15, -0.1) is 0 Å². The lowest BCUT2D eigenvalue weighted by atomic mass is 9.88. The average Bonchev–Trinajstić information content (AvgIpc) is 3.61. The largest absolute Gasteiger partial charge is 0.456 e. The van der Waals surface area contributed by atoms with E-state index in [1.807, 2.05) is 13.0 Å². The van der Waals surface area contributed by atoms with E-state index in [9.17, 15) is 0 Å². The third-order valence-corrected chi connectivity index (χ3v) is 7.04. The van der Waals surface area contributed by atoms with Crippen LogP contribution in [0.3, 0.4) is 0 Å². The smallest absolute Gasteiger partial charge is 0.136 e. The number of nitrogen functional groups attached to an aromatic ring is 2. The molecule has 0 aliphatic carbocycles. The third-order valence-electron chi connectivity index (χ3n) is 7.04. The van der Waals surface area contributed by atoms with Crippen molar-refractivity contribution in [3.63, 3.8) is 0 Å². The zero-order valence-corrected chi connectivity index (χ0v) is 19.3. The van der Waals surface area contributed by atoms with Gasteiger partial charge in [-0.05, 0) is 42.7 Å². The maximum absolute atomic E-state index is 6.83. The summed E-state index contributed by atoms with van der Waals surface area (Å²) < 4.78 is 29.0. The lowest BCUT2D eigenvalue weighted by molar-refractivity contribution is 0.392. The van der Waals surface area contributed by atoms with Gasteiger partial charge >= 0.3 is 0 Å². The second-order valence-electron chi connectivity index (χ2n) is 9.87. The Labute approximate surface area is 194 Å². The van der Waals surface area contributed by atoms with E-state index in [0.29, 0.717) is 0 Å². The zero-order valence-electron chi connectivity index (χ0n) is 19.3. The minimum atomic E-state index is 0.189. The Morgan fingerprint density at radius 2 is 1.21 bits per heavy atom. The van der Waals surface area contributed by atoms with Crippen LogP contribution < -0.4 is 16.2 Å². The molecule has 4 N–H and O–H groups in total. The Kier molecular flexibility index (Phi) is 5.25. The Morgan fingerprint density at radius 1 is 0.727 bits per heavy atom. The summed E-state index contributed by atoms with van der Waals surface area (Å²) in [5.41, 5.74) is 21.4. The first-order chi connectivity index (χ1) is 16.0. The van der Waals surface area contributed by atoms with Gasteiger partial charge in [-0.1, -0.05) is 0 Å². The van der Waals surface area contributed by atoms with E-state index >= 15 is 0 Å². The summed E-state index contributed by atoms with van der Waals surface area (Å²) in [5, 5.41) is 0. The molecule has 6 rings (SSSR count). The summed E-state index contributed by atoms with van der Waals surface area (Å²) in [6.07, 6.45) is 4.01. The first-order valence-electron chi connectivity index (χ1n) is 11.9. The lowest BCUT2D eigenvalue weighted by Crippen LogP contribution is -2.14. The van der Waals surface area contributed by atoms with Crippen molar-refractivity contribution in [1.29, 1.82) is 0 Å². The summed E-state index contributed by atoms with van der Waals surface area (Å²) >= 11 is 0. The molecule has 0 radical (unpaired) electrons. The van der Waals surface area contributed by atoms with Gasteiger partial charge in [-0.3, -0.25) is 0 Å². The topological polar surface area (TPSA) is 111 Å². The van der Waals surface area contributed by atoms with Crippen molar-refractivity contribution in [2.75, 3.05) is 37.9 Å². The predicted octanol–water partition coefficient (Wildman–Crippen LogP) is 3.03. The summed E-state index contributed by atoms with van der Waals surface area (Å²) in [6.45, 7) is 7.31. The molecule has 4 heterocycles. The number of anilines is 2. The third kappa shape index (κ3) is 4.68. The minimum Gasteiger partial charge on any atom is -0.456 e. The SMILES string of the molecule is Cc1cc(N)c(CC2CO2)c(Oc2c(CC3CO3)c(C)c(CC3CO3)c(N)c2CC2CO2)c1. The van der Waals surface area contributed by atoms with Crippen LogP contribution in [0.15, 0.2) is 12.1 Å². The summed E-state index contributed by atoms with van der Waals surface area (Å²) in [5.74, 6) is 1.63. The van der Waals surface area contributed by atoms with Gasteiger partial charge in [0.1, 0.15) is 11.5 Å². The first kappa shape index (κ1) is 21.2. The van der Waals surface area contributed by atoms with Gasteiger partial charge in [-0.25, -0.2) is 0 Å². The fourth-order valence-electron chi connectivity index (χ4n) is 4.76. The van der Waals surface area contributed by atoms with Crippen LogP contribution in [0.1, 0.15) is 33.4 Å². The normalized spacial score (nSPS) is 26.8. The van der Waals surface area contributed by atoms with Crippen LogP contribution in [0.25, 0.3) is 0 Å². The first-order valence-corrected chi connectivity index (χ1v) is 11.9. The van der Waals surface area contributed by atoms with Crippen LogP contribution in [0.5, 0.6) is 11.5 Å². The molecule has 0 spiro atoms. The summed E-state index contributed by atoms with van der Waals surface area (Å²) in [7, 11) is 0. The maximum atomic E-state index is 6.83. The van der Waals surface area contributed by atoms with E-state index in [-0.39, 0.29) is 24.4 Å². The molecule has 4 aliphatic rings. The van der Waals surface area contributed by atoms with Crippen molar-refractivity contribution in [1.82, 2.24) is 0 Å². The van der Waals surface area contributed by atoms with Crippen molar-refractivity contribution in [2.24, 2.45) is 0 Å². The van der Waals surface area contributed by atoms with Crippen molar-refractivity contribution in [3.05, 3.63) is 45.5 Å². The van der Waals surface area contributed by atoms with Crippen LogP contribution >= 0.6 is 0 Å². The molecule has 0 aromatic heterocycles. The zero-order chi connectivity index (χ0) is 22.7. The Morgan fingerprint density at radius 3 is 1.76 bits per heavy atom. The number of aryl methyl sites for hydroxylation is 1. The van der Waals surface area contributed by atoms with Crippen LogP contribution in [0.4, 0.5) is 11.4 Å². The van der Waals surface area contributed by atoms with Crippen molar-refractivity contribution >= 4 is 11.4 Å². The number of nitrogens with two attached hydrogens (primary N) is 2. The molecule has 0 saturated carbocycles. The molecule has 0 amide bonds. The molecule has 4 fully saturated rings. The van der Waals surface area contributed by atoms with Crippen molar-refractivity contribution in [3.8, 4) is 11.5 Å². The van der Waals surface area contributed by atoms with Gasteiger partial charge in [0.15, 0.2) is 0 Å². The van der Waals surface area contributed by atoms with E-state index in [1.54, 1.807) is 0 Å². The van der Waals surface area contributed by atoms with Gasteiger partial charge in [0.05, 0.1) is 50.8 Å². The monoisotopic (exact) mass is 452 g/mol. The molecular weight excluding hydrogens is 420 g/mol. The van der Waals surface area contributed by atoms with E-state index in [2.05, 4.69) is 13.0 Å². The van der Waals surface area contributed by atoms with Crippen LogP contribution in [-0.2, 0) is 44.6 Å². The molecule has 176 valence electrons. The van der Waals surface area contributed by atoms with E-state index in [0.717, 1.165) is 91.7 Å². The Hall–Kier alpha value is -2.32. The molecule has 4 saturated heterocycles. The van der Waals surface area contributed by atoms with Gasteiger partial charge in [-0.2, -0.15) is 0 Å². The van der Waals surface area contributed by atoms with Crippen molar-refractivity contribution < 1.29 is 23.7 Å². The number of hydrogen-bond donors (Lipinski definition) is 2. The average molecular weight is 453 g/mol. The number of benzene rings is 2. The van der Waals surface area contributed by atoms with Gasteiger partial charge in [0, 0.05) is 53.7 Å². The van der Waals surface area contributed by atoms with Crippen LogP contribution in [0.2, 0.25) is 0 Å². The highest BCUT2D eigenvalue weighted by Gasteiger charge is 2.35. The van der Waals surface area contributed by atoms with E-state index in [1.165, 1.54) is 16.7 Å². The molecule has 2 aromatic rings. The fourth-order valence-corrected chi connectivity index (χ4v) is 4.76. The number of rotatable bonds is 10. The number of ether oxygens (including phenoxy) is 5. The van der Waals surface area contributed by atoms with Crippen LogP contribution in [-0.4, -0.2) is 50.8 Å². The molecule has 0 bridgehead atoms. The molecular formula is C26H32N2O5. The highest BCUT2D eigenvalue weighted by molar-refractivity contribution is 5.69. The summed E-state index contributed by atoms with van der Waals surface area (Å²) in [4.78, 5) is 0. The number of epoxide rings is 4. The Balaban J connectivity index is 1.47. The van der Waals surface area contributed by atoms with E-state index in [4.69, 9.17) is 35.2 Å². The maximum Gasteiger partial charge on any atom is 0.136 e. The molecule has 4 atom stereocenters. The molecule has 4 aliphatic heterocycles.